The molecule has 0 spiro atoms. The summed E-state index contributed by atoms with van der Waals surface area (Å²) in [6.45, 7) is 0.358. The van der Waals surface area contributed by atoms with Gasteiger partial charge in [-0.15, -0.1) is 0 Å². The van der Waals surface area contributed by atoms with Crippen LogP contribution in [0, 0.1) is 0 Å². The number of β-amino-alcohol motifs (C(OH)–C–C–N with tert-alkyl or cyclic N) is 1. The van der Waals surface area contributed by atoms with Crippen molar-refractivity contribution in [3.05, 3.63) is 23.0 Å². The number of aryl methyl sites for hydroxylation is 1. The van der Waals surface area contributed by atoms with Crippen LogP contribution >= 0.6 is 0 Å². The van der Waals surface area contributed by atoms with Crippen LogP contribution in [0.5, 0.6) is 0 Å². The molecule has 9 nitrogen and oxygen atoms in total. The molecule has 9 heteroatoms. The van der Waals surface area contributed by atoms with Gasteiger partial charge < -0.3 is 20.2 Å². The Kier molecular flexibility index (Phi) is 5.29. The highest BCUT2D eigenvalue weighted by molar-refractivity contribution is 5.85. The molecule has 1 amide bonds. The number of aliphatic hydroxyl groups is 1. The third-order valence-corrected chi connectivity index (χ3v) is 6.82. The Balaban J connectivity index is 1.44. The summed E-state index contributed by atoms with van der Waals surface area (Å²) < 4.78 is 0. The molecule has 1 saturated heterocycles. The molecule has 0 aromatic carbocycles. The fraction of sp³-hybridized carbons (Fsp3) is 0.636. The fourth-order valence-corrected chi connectivity index (χ4v) is 5.19. The Hall–Kier alpha value is -2.68. The molecule has 0 unspecified atom stereocenters. The monoisotopic (exact) mass is 425 g/mol. The molecule has 1 aliphatic heterocycles. The van der Waals surface area contributed by atoms with Gasteiger partial charge in [-0.1, -0.05) is 12.8 Å². The lowest BCUT2D eigenvalue weighted by Gasteiger charge is -2.26. The molecule has 2 aromatic rings. The van der Waals surface area contributed by atoms with E-state index in [4.69, 9.17) is 9.97 Å². The molecule has 0 bridgehead atoms. The first-order chi connectivity index (χ1) is 15.0. The van der Waals surface area contributed by atoms with Crippen molar-refractivity contribution in [3.8, 4) is 0 Å². The van der Waals surface area contributed by atoms with Crippen LogP contribution in [-0.4, -0.2) is 68.9 Å². The van der Waals surface area contributed by atoms with Gasteiger partial charge in [0.2, 0.25) is 11.9 Å². The van der Waals surface area contributed by atoms with Gasteiger partial charge in [-0.3, -0.25) is 9.89 Å². The van der Waals surface area contributed by atoms with Crippen LogP contribution in [-0.2, 0) is 17.6 Å². The van der Waals surface area contributed by atoms with Crippen LogP contribution < -0.4 is 10.2 Å². The van der Waals surface area contributed by atoms with E-state index in [9.17, 15) is 9.90 Å². The number of anilines is 3. The topological polar surface area (TPSA) is 110 Å². The maximum Gasteiger partial charge on any atom is 0.244 e. The number of amides is 1. The second-order valence-corrected chi connectivity index (χ2v) is 9.26. The molecule has 31 heavy (non-hydrogen) atoms. The van der Waals surface area contributed by atoms with Crippen molar-refractivity contribution >= 4 is 23.5 Å². The van der Waals surface area contributed by atoms with Gasteiger partial charge in [-0.2, -0.15) is 10.1 Å². The summed E-state index contributed by atoms with van der Waals surface area (Å²) in [5.41, 5.74) is 3.34. The summed E-state index contributed by atoms with van der Waals surface area (Å²) in [6, 6.07) is 1.65. The lowest BCUT2D eigenvalue weighted by atomic mass is 10.0. The molecule has 2 aliphatic carbocycles. The second-order valence-electron chi connectivity index (χ2n) is 9.26. The van der Waals surface area contributed by atoms with Crippen molar-refractivity contribution in [3.63, 3.8) is 0 Å². The SMILES string of the molecule is CN(C)C(=O)[C@@H]1C[C@H](O)CN1c1nc2c(c(Nc3cc(C4CCCC4)[nH]n3)n1)CCC2. The van der Waals surface area contributed by atoms with Crippen molar-refractivity contribution in [2.45, 2.75) is 69.4 Å². The van der Waals surface area contributed by atoms with E-state index < -0.39 is 12.1 Å². The first kappa shape index (κ1) is 20.2. The maximum absolute atomic E-state index is 12.7. The van der Waals surface area contributed by atoms with E-state index in [1.54, 1.807) is 19.0 Å². The zero-order valence-electron chi connectivity index (χ0n) is 18.3. The lowest BCUT2D eigenvalue weighted by Crippen LogP contribution is -2.43. The molecule has 3 aliphatic rings. The molecule has 3 heterocycles. The third-order valence-electron chi connectivity index (χ3n) is 6.82. The molecular weight excluding hydrogens is 394 g/mol. The highest BCUT2D eigenvalue weighted by Gasteiger charge is 2.39. The normalized spacial score (nSPS) is 23.4. The van der Waals surface area contributed by atoms with Gasteiger partial charge in [0.15, 0.2) is 5.82 Å². The summed E-state index contributed by atoms with van der Waals surface area (Å²) in [4.78, 5) is 25.7. The number of carbonyl (C=O) groups is 1. The van der Waals surface area contributed by atoms with Gasteiger partial charge in [0.25, 0.3) is 0 Å². The Morgan fingerprint density at radius 2 is 2.03 bits per heavy atom. The number of aliphatic hydroxyl groups excluding tert-OH is 1. The minimum absolute atomic E-state index is 0.0383. The lowest BCUT2D eigenvalue weighted by molar-refractivity contribution is -0.130. The van der Waals surface area contributed by atoms with Crippen LogP contribution in [0.2, 0.25) is 0 Å². The highest BCUT2D eigenvalue weighted by atomic mass is 16.3. The molecule has 5 rings (SSSR count). The first-order valence-electron chi connectivity index (χ1n) is 11.4. The van der Waals surface area contributed by atoms with E-state index in [-0.39, 0.29) is 5.91 Å². The van der Waals surface area contributed by atoms with Crippen LogP contribution in [0.3, 0.4) is 0 Å². The van der Waals surface area contributed by atoms with Gasteiger partial charge in [0.1, 0.15) is 11.9 Å². The quantitative estimate of drug-likeness (QED) is 0.673. The molecule has 2 aromatic heterocycles. The van der Waals surface area contributed by atoms with Gasteiger partial charge in [0.05, 0.1) is 11.8 Å². The van der Waals surface area contributed by atoms with Crippen molar-refractivity contribution < 1.29 is 9.90 Å². The highest BCUT2D eigenvalue weighted by Crippen LogP contribution is 2.35. The van der Waals surface area contributed by atoms with Gasteiger partial charge in [-0.25, -0.2) is 4.98 Å². The number of rotatable bonds is 5. The molecule has 2 atom stereocenters. The average molecular weight is 426 g/mol. The number of hydrogen-bond donors (Lipinski definition) is 3. The predicted octanol–water partition coefficient (Wildman–Crippen LogP) is 2.12. The Labute approximate surface area is 182 Å². The third kappa shape index (κ3) is 3.86. The van der Waals surface area contributed by atoms with E-state index in [0.717, 1.165) is 42.2 Å². The van der Waals surface area contributed by atoms with Crippen LogP contribution in [0.1, 0.15) is 61.4 Å². The summed E-state index contributed by atoms with van der Waals surface area (Å²) in [5.74, 6) is 2.57. The fourth-order valence-electron chi connectivity index (χ4n) is 5.19. The van der Waals surface area contributed by atoms with E-state index in [0.29, 0.717) is 24.8 Å². The van der Waals surface area contributed by atoms with E-state index in [2.05, 4.69) is 21.6 Å². The van der Waals surface area contributed by atoms with Gasteiger partial charge >= 0.3 is 0 Å². The molecule has 1 saturated carbocycles. The van der Waals surface area contributed by atoms with Crippen molar-refractivity contribution in [1.29, 1.82) is 0 Å². The molecule has 0 radical (unpaired) electrons. The van der Waals surface area contributed by atoms with Crippen LogP contribution in [0.15, 0.2) is 6.07 Å². The summed E-state index contributed by atoms with van der Waals surface area (Å²) >= 11 is 0. The minimum Gasteiger partial charge on any atom is -0.391 e. The number of fused-ring (bicyclic) bond motifs is 1. The van der Waals surface area contributed by atoms with Gasteiger partial charge in [-0.05, 0) is 32.1 Å². The number of carbonyl (C=O) groups excluding carboxylic acids is 1. The number of likely N-dealkylation sites (N-methyl/N-ethyl adjacent to an activating group) is 1. The van der Waals surface area contributed by atoms with Crippen LogP contribution in [0.4, 0.5) is 17.6 Å². The standard InChI is InChI=1S/C22H31N7O2/c1-28(2)21(31)18-10-14(30)12-29(18)22-23-16-9-5-8-15(16)20(25-22)24-19-11-17(26-27-19)13-6-3-4-7-13/h11,13-14,18,30H,3-10,12H2,1-2H3,(H2,23,24,25,26,27)/t14-,18-/m0/s1. The number of aromatic nitrogens is 4. The number of hydrogen-bond acceptors (Lipinski definition) is 7. The van der Waals surface area contributed by atoms with E-state index in [1.807, 2.05) is 4.90 Å². The Bertz CT molecular complexity index is 967. The Morgan fingerprint density at radius 3 is 2.81 bits per heavy atom. The Morgan fingerprint density at radius 1 is 1.23 bits per heavy atom. The second kappa shape index (κ2) is 8.11. The van der Waals surface area contributed by atoms with Crippen molar-refractivity contribution in [2.24, 2.45) is 0 Å². The van der Waals surface area contributed by atoms with Crippen molar-refractivity contribution in [1.82, 2.24) is 25.1 Å². The summed E-state index contributed by atoms with van der Waals surface area (Å²) in [7, 11) is 3.47. The number of H-pyrrole nitrogens is 1. The maximum atomic E-state index is 12.7. The largest absolute Gasteiger partial charge is 0.391 e. The number of nitrogens with zero attached hydrogens (tertiary/aromatic N) is 5. The molecule has 3 N–H and O–H groups in total. The zero-order valence-corrected chi connectivity index (χ0v) is 18.3. The zero-order chi connectivity index (χ0) is 21.5. The number of nitrogens with one attached hydrogen (secondary N) is 2. The molecule has 2 fully saturated rings. The number of aromatic amines is 1. The smallest absolute Gasteiger partial charge is 0.244 e. The van der Waals surface area contributed by atoms with E-state index >= 15 is 0 Å². The van der Waals surface area contributed by atoms with E-state index in [1.165, 1.54) is 31.4 Å². The van der Waals surface area contributed by atoms with Gasteiger partial charge in [0, 0.05) is 50.3 Å². The van der Waals surface area contributed by atoms with Crippen molar-refractivity contribution in [2.75, 3.05) is 30.9 Å². The summed E-state index contributed by atoms with van der Waals surface area (Å²) in [5, 5.41) is 21.4. The first-order valence-corrected chi connectivity index (χ1v) is 11.4. The average Bonchev–Trinajstić information content (AvgIpc) is 3.52. The predicted molar refractivity (Wildman–Crippen MR) is 118 cm³/mol. The summed E-state index contributed by atoms with van der Waals surface area (Å²) in [6.07, 6.45) is 7.69. The minimum atomic E-state index is -0.567. The van der Waals surface area contributed by atoms with Crippen LogP contribution in [0.25, 0.3) is 0 Å². The molecule has 166 valence electrons. The molecular formula is C22H31N7O2.